The summed E-state index contributed by atoms with van der Waals surface area (Å²) < 4.78 is 5.43. The van der Waals surface area contributed by atoms with Crippen LogP contribution in [0.2, 0.25) is 0 Å². The zero-order valence-corrected chi connectivity index (χ0v) is 10.5. The number of amides is 1. The van der Waals surface area contributed by atoms with Gasteiger partial charge < -0.3 is 4.74 Å². The van der Waals surface area contributed by atoms with Crippen molar-refractivity contribution in [1.82, 2.24) is 0 Å². The molecule has 1 aromatic carbocycles. The summed E-state index contributed by atoms with van der Waals surface area (Å²) in [6.45, 7) is 3.82. The Morgan fingerprint density at radius 2 is 2.00 bits per heavy atom. The minimum Gasteiger partial charge on any atom is -0.494 e. The maximum atomic E-state index is 11.1. The standard InChI is InChI=1S/C12H16N2O4/c1-3-4-9-18-12-7-5-11(6-8-12)13(10(2)15)14(16)17/h5-8H,3-4,9H2,1-2H3. The average Bonchev–Trinajstić information content (AvgIpc) is 2.30. The predicted octanol–water partition coefficient (Wildman–Crippen LogP) is 2.41. The molecular formula is C12H16N2O4. The zero-order chi connectivity index (χ0) is 13.5. The summed E-state index contributed by atoms with van der Waals surface area (Å²) in [4.78, 5) is 21.9. The number of nitrogens with zero attached hydrogens (tertiary/aromatic N) is 2. The van der Waals surface area contributed by atoms with Gasteiger partial charge >= 0.3 is 0 Å². The van der Waals surface area contributed by atoms with Crippen molar-refractivity contribution in [2.45, 2.75) is 26.7 Å². The molecule has 0 aliphatic rings. The minimum atomic E-state index is -0.741. The highest BCUT2D eigenvalue weighted by molar-refractivity contribution is 5.88. The number of hydrogen-bond donors (Lipinski definition) is 0. The molecule has 0 aliphatic carbocycles. The first-order chi connectivity index (χ1) is 8.56. The molecule has 1 aromatic rings. The number of carbonyl (C=O) groups excluding carboxylic acids is 1. The first-order valence-electron chi connectivity index (χ1n) is 5.74. The van der Waals surface area contributed by atoms with Crippen LogP contribution in [0.5, 0.6) is 5.75 Å². The second-order valence-corrected chi connectivity index (χ2v) is 3.76. The fourth-order valence-corrected chi connectivity index (χ4v) is 1.41. The minimum absolute atomic E-state index is 0.218. The highest BCUT2D eigenvalue weighted by Gasteiger charge is 2.22. The van der Waals surface area contributed by atoms with Gasteiger partial charge in [-0.05, 0) is 35.7 Å². The van der Waals surface area contributed by atoms with E-state index in [9.17, 15) is 14.9 Å². The van der Waals surface area contributed by atoms with Crippen LogP contribution in [-0.4, -0.2) is 17.5 Å². The number of hydrogen-bond acceptors (Lipinski definition) is 4. The van der Waals surface area contributed by atoms with E-state index >= 15 is 0 Å². The number of hydrazine groups is 1. The molecule has 0 saturated heterocycles. The molecule has 1 amide bonds. The molecule has 0 unspecified atom stereocenters. The van der Waals surface area contributed by atoms with E-state index in [4.69, 9.17) is 4.74 Å². The third-order valence-electron chi connectivity index (χ3n) is 2.31. The molecular weight excluding hydrogens is 236 g/mol. The van der Waals surface area contributed by atoms with Crippen molar-refractivity contribution in [3.63, 3.8) is 0 Å². The van der Waals surface area contributed by atoms with E-state index in [1.54, 1.807) is 12.1 Å². The van der Waals surface area contributed by atoms with Crippen molar-refractivity contribution in [2.24, 2.45) is 0 Å². The van der Waals surface area contributed by atoms with Gasteiger partial charge in [-0.3, -0.25) is 4.79 Å². The molecule has 0 saturated carbocycles. The van der Waals surface area contributed by atoms with E-state index in [1.807, 2.05) is 0 Å². The van der Waals surface area contributed by atoms with Crippen molar-refractivity contribution >= 4 is 11.6 Å². The molecule has 0 N–H and O–H groups in total. The van der Waals surface area contributed by atoms with Crippen LogP contribution >= 0.6 is 0 Å². The number of rotatable bonds is 6. The molecule has 0 radical (unpaired) electrons. The molecule has 0 fully saturated rings. The maximum Gasteiger partial charge on any atom is 0.286 e. The topological polar surface area (TPSA) is 72.7 Å². The summed E-state index contributed by atoms with van der Waals surface area (Å²) in [5.74, 6) is -0.00120. The molecule has 6 nitrogen and oxygen atoms in total. The summed E-state index contributed by atoms with van der Waals surface area (Å²) >= 11 is 0. The van der Waals surface area contributed by atoms with Crippen LogP contribution in [0.3, 0.4) is 0 Å². The Labute approximate surface area is 105 Å². The number of nitro groups is 1. The molecule has 0 spiro atoms. The normalized spacial score (nSPS) is 9.89. The second kappa shape index (κ2) is 6.58. The van der Waals surface area contributed by atoms with Crippen LogP contribution in [0, 0.1) is 10.1 Å². The first kappa shape index (κ1) is 14.0. The maximum absolute atomic E-state index is 11.1. The first-order valence-corrected chi connectivity index (χ1v) is 5.74. The van der Waals surface area contributed by atoms with Crippen molar-refractivity contribution in [1.29, 1.82) is 0 Å². The smallest absolute Gasteiger partial charge is 0.286 e. The van der Waals surface area contributed by atoms with Gasteiger partial charge in [-0.25, -0.2) is 10.1 Å². The Hall–Kier alpha value is -2.11. The lowest BCUT2D eigenvalue weighted by molar-refractivity contribution is -0.483. The van der Waals surface area contributed by atoms with Crippen molar-refractivity contribution in [3.05, 3.63) is 34.4 Å². The highest BCUT2D eigenvalue weighted by atomic mass is 16.7. The van der Waals surface area contributed by atoms with Crippen LogP contribution in [0.15, 0.2) is 24.3 Å². The monoisotopic (exact) mass is 252 g/mol. The quantitative estimate of drug-likeness (QED) is 0.442. The van der Waals surface area contributed by atoms with E-state index < -0.39 is 10.9 Å². The molecule has 0 heterocycles. The number of benzene rings is 1. The predicted molar refractivity (Wildman–Crippen MR) is 67.0 cm³/mol. The molecule has 98 valence electrons. The summed E-state index contributed by atoms with van der Waals surface area (Å²) in [6, 6.07) is 6.21. The zero-order valence-electron chi connectivity index (χ0n) is 10.5. The van der Waals surface area contributed by atoms with Crippen LogP contribution < -0.4 is 9.75 Å². The summed E-state index contributed by atoms with van der Waals surface area (Å²) in [5.41, 5.74) is 0.218. The third-order valence-corrected chi connectivity index (χ3v) is 2.31. The molecule has 0 bridgehead atoms. The fourth-order valence-electron chi connectivity index (χ4n) is 1.41. The van der Waals surface area contributed by atoms with Crippen LogP contribution in [0.4, 0.5) is 5.69 Å². The number of ether oxygens (including phenoxy) is 1. The van der Waals surface area contributed by atoms with Gasteiger partial charge in [-0.1, -0.05) is 13.3 Å². The Balaban J connectivity index is 2.74. The van der Waals surface area contributed by atoms with Gasteiger partial charge in [-0.2, -0.15) is 0 Å². The average molecular weight is 252 g/mol. The summed E-state index contributed by atoms with van der Waals surface area (Å²) in [6.07, 6.45) is 1.99. The largest absolute Gasteiger partial charge is 0.494 e. The van der Waals surface area contributed by atoms with Crippen molar-refractivity contribution in [2.75, 3.05) is 11.6 Å². The van der Waals surface area contributed by atoms with Crippen molar-refractivity contribution in [3.8, 4) is 5.75 Å². The fraction of sp³-hybridized carbons (Fsp3) is 0.417. The lowest BCUT2D eigenvalue weighted by Gasteiger charge is -2.11. The van der Waals surface area contributed by atoms with Gasteiger partial charge in [0.05, 0.1) is 6.61 Å². The molecule has 18 heavy (non-hydrogen) atoms. The van der Waals surface area contributed by atoms with E-state index in [1.165, 1.54) is 12.1 Å². The lowest BCUT2D eigenvalue weighted by atomic mass is 10.3. The molecule has 0 atom stereocenters. The van der Waals surface area contributed by atoms with Crippen molar-refractivity contribution < 1.29 is 14.6 Å². The number of carbonyl (C=O) groups is 1. The Morgan fingerprint density at radius 3 is 2.44 bits per heavy atom. The van der Waals surface area contributed by atoms with Crippen LogP contribution in [0.25, 0.3) is 0 Å². The van der Waals surface area contributed by atoms with Gasteiger partial charge in [0, 0.05) is 6.92 Å². The van der Waals surface area contributed by atoms with E-state index in [2.05, 4.69) is 6.92 Å². The van der Waals surface area contributed by atoms with E-state index in [-0.39, 0.29) is 5.69 Å². The molecule has 0 aliphatic heterocycles. The van der Waals surface area contributed by atoms with Gasteiger partial charge in [0.25, 0.3) is 5.91 Å². The van der Waals surface area contributed by atoms with Gasteiger partial charge in [-0.15, -0.1) is 0 Å². The van der Waals surface area contributed by atoms with Crippen LogP contribution in [0.1, 0.15) is 26.7 Å². The Bertz CT molecular complexity index is 403. The molecule has 1 rings (SSSR count). The SMILES string of the molecule is CCCCOc1ccc(N(C(C)=O)[N+](=O)[O-])cc1. The summed E-state index contributed by atoms with van der Waals surface area (Å²) in [7, 11) is 0. The highest BCUT2D eigenvalue weighted by Crippen LogP contribution is 2.19. The molecule has 0 aromatic heterocycles. The third kappa shape index (κ3) is 3.73. The van der Waals surface area contributed by atoms with Gasteiger partial charge in [0.15, 0.2) is 5.03 Å². The Kier molecular flexibility index (Phi) is 5.10. The van der Waals surface area contributed by atoms with Gasteiger partial charge in [0.2, 0.25) is 0 Å². The number of unbranched alkanes of at least 4 members (excludes halogenated alkanes) is 1. The second-order valence-electron chi connectivity index (χ2n) is 3.76. The van der Waals surface area contributed by atoms with E-state index in [0.717, 1.165) is 19.8 Å². The number of anilines is 1. The summed E-state index contributed by atoms with van der Waals surface area (Å²) in [5, 5.41) is 10.5. The van der Waals surface area contributed by atoms with E-state index in [0.29, 0.717) is 17.4 Å². The Morgan fingerprint density at radius 1 is 1.39 bits per heavy atom. The lowest BCUT2D eigenvalue weighted by Crippen LogP contribution is -2.34. The van der Waals surface area contributed by atoms with Crippen LogP contribution in [-0.2, 0) is 4.79 Å². The van der Waals surface area contributed by atoms with Gasteiger partial charge in [0.1, 0.15) is 11.4 Å². The molecule has 6 heteroatoms.